The van der Waals surface area contributed by atoms with Crippen LogP contribution in [0.1, 0.15) is 13.8 Å². The van der Waals surface area contributed by atoms with Gasteiger partial charge in [-0.25, -0.2) is 9.59 Å². The topological polar surface area (TPSA) is 98.9 Å². The zero-order valence-corrected chi connectivity index (χ0v) is 13.6. The number of carbonyl (C=O) groups is 2. The van der Waals surface area contributed by atoms with Crippen LogP contribution < -0.4 is 5.73 Å². The van der Waals surface area contributed by atoms with Crippen LogP contribution in [0.25, 0.3) is 0 Å². The molecule has 0 fully saturated rings. The van der Waals surface area contributed by atoms with E-state index in [0.717, 1.165) is 21.0 Å². The highest BCUT2D eigenvalue weighted by Crippen LogP contribution is 1.81. The fraction of sp³-hybridized carbons (Fsp3) is 0.429. The lowest BCUT2D eigenvalue weighted by molar-refractivity contribution is -0.132. The lowest BCUT2D eigenvalue weighted by Gasteiger charge is -1.89. The second-order valence-corrected chi connectivity index (χ2v) is 5.51. The zero-order valence-electron chi connectivity index (χ0n) is 9.57. The third-order valence-corrected chi connectivity index (χ3v) is 0.652. The van der Waals surface area contributed by atoms with E-state index in [2.05, 4.69) is 21.2 Å². The fourth-order valence-electron chi connectivity index (χ4n) is 0.142. The van der Waals surface area contributed by atoms with Crippen LogP contribution in [0.2, 0.25) is 0 Å². The zero-order chi connectivity index (χ0) is 12.9. The lowest BCUT2D eigenvalue weighted by Crippen LogP contribution is -2.11. The van der Waals surface area contributed by atoms with E-state index in [-0.39, 0.29) is 5.57 Å². The van der Waals surface area contributed by atoms with E-state index in [1.54, 1.807) is 6.92 Å². The molecule has 1 amide bonds. The largest absolute Gasteiger partial charge is 0.478 e. The van der Waals surface area contributed by atoms with Crippen molar-refractivity contribution in [3.05, 3.63) is 12.2 Å². The molecule has 0 saturated heterocycles. The van der Waals surface area contributed by atoms with Gasteiger partial charge in [-0.1, -0.05) is 6.58 Å². The van der Waals surface area contributed by atoms with Crippen LogP contribution in [0, 0.1) is 0 Å². The van der Waals surface area contributed by atoms with Crippen molar-refractivity contribution < 1.29 is 23.5 Å². The minimum atomic E-state index is -0.935. The van der Waals surface area contributed by atoms with Crippen LogP contribution >= 0.6 is 0 Å². The van der Waals surface area contributed by atoms with E-state index in [4.69, 9.17) is 5.11 Å². The number of amides is 1. The lowest BCUT2D eigenvalue weighted by atomic mass is 10.4. The van der Waals surface area contributed by atoms with E-state index in [1.807, 2.05) is 0 Å². The highest BCUT2D eigenvalue weighted by molar-refractivity contribution is 6.15. The number of rotatable bonds is 2. The Hall–Kier alpha value is -1.13. The number of primary amides is 1. The average Bonchev–Trinajstić information content (AvgIpc) is 2.05. The predicted molar refractivity (Wildman–Crippen MR) is 64.6 cm³/mol. The number of carbonyl (C=O) groups excluding carboxylic acids is 1. The number of carboxylic acid groups (broad SMARTS) is 1. The Bertz CT molecular complexity index is 186. The van der Waals surface area contributed by atoms with Gasteiger partial charge in [0, 0.05) is 5.57 Å². The molecule has 0 saturated carbocycles. The molecule has 15 heavy (non-hydrogen) atoms. The molecular weight excluding hydrogens is 234 g/mol. The molecule has 0 heterocycles. The number of ether oxygens (including phenoxy) is 1. The highest BCUT2D eigenvalue weighted by atomic mass is 28.3. The van der Waals surface area contributed by atoms with Crippen LogP contribution in [-0.4, -0.2) is 44.7 Å². The van der Waals surface area contributed by atoms with E-state index in [0.29, 0.717) is 6.61 Å². The van der Waals surface area contributed by atoms with Gasteiger partial charge in [-0.05, 0) is 13.8 Å². The Labute approximate surface area is 95.5 Å². The quantitative estimate of drug-likeness (QED) is 0.452. The molecule has 3 N–H and O–H groups in total. The molecule has 0 aliphatic rings. The van der Waals surface area contributed by atoms with Crippen LogP contribution in [-0.2, 0) is 13.6 Å². The summed E-state index contributed by atoms with van der Waals surface area (Å²) in [6.07, 6.45) is -0.711. The smallest absolute Gasteiger partial charge is 0.404 e. The molecule has 0 aromatic carbocycles. The van der Waals surface area contributed by atoms with E-state index in [9.17, 15) is 9.59 Å². The first-order valence-electron chi connectivity index (χ1n) is 4.04. The number of carboxylic acids is 1. The van der Waals surface area contributed by atoms with Gasteiger partial charge in [0.25, 0.3) is 0 Å². The Balaban J connectivity index is -0.000000153. The van der Waals surface area contributed by atoms with Crippen molar-refractivity contribution in [2.45, 2.75) is 13.8 Å². The summed E-state index contributed by atoms with van der Waals surface area (Å²) in [5.74, 6) is -0.935. The summed E-state index contributed by atoms with van der Waals surface area (Å²) in [4.78, 5) is 19.2. The highest BCUT2D eigenvalue weighted by Gasteiger charge is 1.90. The number of hydrogen-bond donors (Lipinski definition) is 2. The van der Waals surface area contributed by atoms with Crippen molar-refractivity contribution in [1.29, 1.82) is 0 Å². The molecule has 0 aromatic rings. The van der Waals surface area contributed by atoms with Gasteiger partial charge in [-0.3, -0.25) is 0 Å². The molecule has 6 nitrogen and oxygen atoms in total. The first kappa shape index (κ1) is 19.4. The molecule has 0 unspecified atom stereocenters. The van der Waals surface area contributed by atoms with E-state index >= 15 is 0 Å². The van der Waals surface area contributed by atoms with Crippen molar-refractivity contribution >= 4 is 33.0 Å². The minimum absolute atomic E-state index is 0.176. The summed E-state index contributed by atoms with van der Waals surface area (Å²) in [5.41, 5.74) is 4.72. The third-order valence-electron chi connectivity index (χ3n) is 0.652. The third kappa shape index (κ3) is 44.1. The van der Waals surface area contributed by atoms with Crippen molar-refractivity contribution in [2.24, 2.45) is 5.73 Å². The van der Waals surface area contributed by atoms with Crippen LogP contribution in [0.3, 0.4) is 0 Å². The van der Waals surface area contributed by atoms with Gasteiger partial charge >= 0.3 is 12.1 Å². The molecular formula is C7H19NO5Si2. The molecule has 0 atom stereocenters. The normalized spacial score (nSPS) is 7.60. The number of hydrogen-bond acceptors (Lipinski definition) is 4. The molecule has 0 aromatic heterocycles. The van der Waals surface area contributed by atoms with Gasteiger partial charge in [-0.2, -0.15) is 0 Å². The van der Waals surface area contributed by atoms with Gasteiger partial charge in [0.1, 0.15) is 21.0 Å². The minimum Gasteiger partial charge on any atom is -0.478 e. The standard InChI is InChI=1S/C4H6O2.C3H7NO2.H6OSi2/c1-3(2)4(5)6;1-2-6-3(4)5;2-1-3/h1H2,2H3,(H,5,6);2H2,1H3,(H2,4,5);2-3H3. The predicted octanol–water partition coefficient (Wildman–Crippen LogP) is -1.69. The molecule has 8 heteroatoms. The number of aliphatic carboxylic acids is 1. The summed E-state index contributed by atoms with van der Waals surface area (Å²) in [5, 5.41) is 7.89. The monoisotopic (exact) mass is 253 g/mol. The SMILES string of the molecule is C=C(C)C(=O)O.CCOC(N)=O.[SiH3]O[SiH3]. The molecule has 0 spiro atoms. The summed E-state index contributed by atoms with van der Waals surface area (Å²) in [7, 11) is 1.86. The molecule has 90 valence electrons. The second-order valence-electron chi connectivity index (χ2n) is 2.25. The van der Waals surface area contributed by atoms with Crippen LogP contribution in [0.5, 0.6) is 0 Å². The van der Waals surface area contributed by atoms with E-state index in [1.165, 1.54) is 6.92 Å². The first-order chi connectivity index (χ1) is 6.83. The Kier molecular flexibility index (Phi) is 19.9. The maximum Gasteiger partial charge on any atom is 0.404 e. The molecule has 0 bridgehead atoms. The Morgan fingerprint density at radius 2 is 1.73 bits per heavy atom. The maximum atomic E-state index is 9.60. The van der Waals surface area contributed by atoms with E-state index < -0.39 is 12.1 Å². The van der Waals surface area contributed by atoms with Crippen molar-refractivity contribution in [2.75, 3.05) is 6.61 Å². The summed E-state index contributed by atoms with van der Waals surface area (Å²) < 4.78 is 8.71. The average molecular weight is 253 g/mol. The molecule has 0 radical (unpaired) electrons. The van der Waals surface area contributed by atoms with Gasteiger partial charge in [0.05, 0.1) is 6.61 Å². The molecule has 0 rings (SSSR count). The Morgan fingerprint density at radius 1 is 1.47 bits per heavy atom. The maximum absolute atomic E-state index is 9.60. The van der Waals surface area contributed by atoms with Gasteiger partial charge in [-0.15, -0.1) is 0 Å². The summed E-state index contributed by atoms with van der Waals surface area (Å²) in [6.45, 7) is 6.66. The second kappa shape index (κ2) is 15.4. The molecule has 0 aliphatic heterocycles. The molecule has 0 aliphatic carbocycles. The summed E-state index contributed by atoms with van der Waals surface area (Å²) >= 11 is 0. The number of nitrogens with two attached hydrogens (primary N) is 1. The van der Waals surface area contributed by atoms with Crippen molar-refractivity contribution in [3.63, 3.8) is 0 Å². The Morgan fingerprint density at radius 3 is 1.73 bits per heavy atom. The summed E-state index contributed by atoms with van der Waals surface area (Å²) in [6, 6.07) is 0. The van der Waals surface area contributed by atoms with Crippen LogP contribution in [0.15, 0.2) is 12.2 Å². The van der Waals surface area contributed by atoms with Crippen molar-refractivity contribution in [1.82, 2.24) is 0 Å². The van der Waals surface area contributed by atoms with Gasteiger partial charge < -0.3 is 19.7 Å². The van der Waals surface area contributed by atoms with Crippen molar-refractivity contribution in [3.8, 4) is 0 Å². The fourth-order valence-corrected chi connectivity index (χ4v) is 0.142. The first-order valence-corrected chi connectivity index (χ1v) is 5.67. The van der Waals surface area contributed by atoms with Gasteiger partial charge in [0.2, 0.25) is 0 Å². The van der Waals surface area contributed by atoms with Crippen LogP contribution in [0.4, 0.5) is 4.79 Å². The van der Waals surface area contributed by atoms with Gasteiger partial charge in [0.15, 0.2) is 0 Å².